The van der Waals surface area contributed by atoms with E-state index in [4.69, 9.17) is 4.74 Å². The number of nitrogens with zero attached hydrogens (tertiary/aromatic N) is 1. The molecule has 2 aromatic rings. The van der Waals surface area contributed by atoms with Crippen LogP contribution in [-0.2, 0) is 9.53 Å². The Balaban J connectivity index is 1.82. The molecule has 0 aliphatic carbocycles. The maximum Gasteiger partial charge on any atom is 0.338 e. The van der Waals surface area contributed by atoms with Crippen LogP contribution in [0.2, 0.25) is 0 Å². The molecule has 0 atom stereocenters. The monoisotopic (exact) mass is 383 g/mol. The van der Waals surface area contributed by atoms with Gasteiger partial charge in [0.2, 0.25) is 0 Å². The highest BCUT2D eigenvalue weighted by atomic mass is 19.1. The van der Waals surface area contributed by atoms with Gasteiger partial charge in [-0.3, -0.25) is 14.4 Å². The van der Waals surface area contributed by atoms with Gasteiger partial charge in [0, 0.05) is 5.41 Å². The summed E-state index contributed by atoms with van der Waals surface area (Å²) in [5.74, 6) is -2.67. The lowest BCUT2D eigenvalue weighted by molar-refractivity contribution is -0.129. The summed E-state index contributed by atoms with van der Waals surface area (Å²) in [4.78, 5) is 50.3. The van der Waals surface area contributed by atoms with Crippen molar-refractivity contribution < 1.29 is 28.3 Å². The Bertz CT molecular complexity index is 989. The van der Waals surface area contributed by atoms with E-state index in [0.717, 1.165) is 17.0 Å². The Morgan fingerprint density at radius 1 is 0.964 bits per heavy atom. The number of fused-ring (bicyclic) bond motifs is 1. The number of benzene rings is 2. The van der Waals surface area contributed by atoms with E-state index in [1.165, 1.54) is 30.3 Å². The number of ketones is 1. The molecule has 1 aliphatic heterocycles. The maximum absolute atomic E-state index is 13.1. The third-order valence-corrected chi connectivity index (χ3v) is 4.38. The number of anilines is 1. The van der Waals surface area contributed by atoms with Crippen LogP contribution >= 0.6 is 0 Å². The maximum atomic E-state index is 13.1. The minimum absolute atomic E-state index is 0.0472. The molecule has 144 valence electrons. The third-order valence-electron chi connectivity index (χ3n) is 4.38. The Labute approximate surface area is 160 Å². The number of halogens is 1. The highest BCUT2D eigenvalue weighted by molar-refractivity contribution is 6.34. The van der Waals surface area contributed by atoms with Crippen LogP contribution in [0.15, 0.2) is 42.5 Å². The molecule has 3 rings (SSSR count). The lowest BCUT2D eigenvalue weighted by Gasteiger charge is -2.16. The predicted octanol–water partition coefficient (Wildman–Crippen LogP) is 3.40. The smallest absolute Gasteiger partial charge is 0.338 e. The molecule has 0 fully saturated rings. The topological polar surface area (TPSA) is 80.8 Å². The standard InChI is InChI=1S/C21H18FNO5/c1-21(2,3)17(24)11-28-20(27)12-4-9-15-16(10-12)19(26)23(18(15)25)14-7-5-13(22)6-8-14/h4-10H,11H2,1-3H3. The number of esters is 1. The molecular formula is C21H18FNO5. The molecule has 0 saturated heterocycles. The number of imide groups is 1. The average Bonchev–Trinajstić information content (AvgIpc) is 2.90. The molecule has 0 saturated carbocycles. The van der Waals surface area contributed by atoms with E-state index >= 15 is 0 Å². The van der Waals surface area contributed by atoms with Crippen molar-refractivity contribution in [2.24, 2.45) is 5.41 Å². The van der Waals surface area contributed by atoms with Crippen LogP contribution in [0.1, 0.15) is 51.8 Å². The molecule has 0 unspecified atom stereocenters. The van der Waals surface area contributed by atoms with E-state index in [1.54, 1.807) is 20.8 Å². The molecule has 0 N–H and O–H groups in total. The molecule has 0 bridgehead atoms. The van der Waals surface area contributed by atoms with Crippen molar-refractivity contribution in [3.8, 4) is 0 Å². The predicted molar refractivity (Wildman–Crippen MR) is 98.7 cm³/mol. The zero-order chi connectivity index (χ0) is 20.6. The van der Waals surface area contributed by atoms with Crippen molar-refractivity contribution in [1.29, 1.82) is 0 Å². The zero-order valence-corrected chi connectivity index (χ0v) is 15.6. The van der Waals surface area contributed by atoms with Crippen LogP contribution in [0.3, 0.4) is 0 Å². The van der Waals surface area contributed by atoms with E-state index in [9.17, 15) is 23.6 Å². The van der Waals surface area contributed by atoms with Gasteiger partial charge >= 0.3 is 5.97 Å². The van der Waals surface area contributed by atoms with E-state index < -0.39 is 29.0 Å². The van der Waals surface area contributed by atoms with Crippen molar-refractivity contribution in [3.05, 3.63) is 65.0 Å². The van der Waals surface area contributed by atoms with Crippen molar-refractivity contribution in [2.45, 2.75) is 20.8 Å². The molecule has 0 aromatic heterocycles. The molecule has 7 heteroatoms. The normalized spacial score (nSPS) is 13.5. The minimum Gasteiger partial charge on any atom is -0.454 e. The summed E-state index contributed by atoms with van der Waals surface area (Å²) in [5.41, 5.74) is -0.173. The fourth-order valence-electron chi connectivity index (χ4n) is 2.62. The largest absolute Gasteiger partial charge is 0.454 e. The second-order valence-electron chi connectivity index (χ2n) is 7.43. The van der Waals surface area contributed by atoms with Crippen molar-refractivity contribution >= 4 is 29.3 Å². The Morgan fingerprint density at radius 2 is 1.57 bits per heavy atom. The van der Waals surface area contributed by atoms with Crippen LogP contribution in [0, 0.1) is 11.2 Å². The first-order chi connectivity index (χ1) is 13.1. The van der Waals surface area contributed by atoms with Gasteiger partial charge in [-0.1, -0.05) is 20.8 Å². The molecule has 2 aromatic carbocycles. The average molecular weight is 383 g/mol. The molecule has 1 aliphatic rings. The SMILES string of the molecule is CC(C)(C)C(=O)COC(=O)c1ccc2c(c1)C(=O)N(c1ccc(F)cc1)C2=O. The van der Waals surface area contributed by atoms with Gasteiger partial charge in [0.1, 0.15) is 5.82 Å². The highest BCUT2D eigenvalue weighted by Crippen LogP contribution is 2.29. The summed E-state index contributed by atoms with van der Waals surface area (Å²) in [5, 5.41) is 0. The van der Waals surface area contributed by atoms with Crippen LogP contribution < -0.4 is 4.90 Å². The Morgan fingerprint density at radius 3 is 2.18 bits per heavy atom. The van der Waals surface area contributed by atoms with E-state index in [-0.39, 0.29) is 34.8 Å². The molecule has 0 radical (unpaired) electrons. The van der Waals surface area contributed by atoms with Gasteiger partial charge in [-0.05, 0) is 42.5 Å². The Hall–Kier alpha value is -3.35. The summed E-state index contributed by atoms with van der Waals surface area (Å²) in [6, 6.07) is 8.93. The van der Waals surface area contributed by atoms with Crippen LogP contribution in [0.25, 0.3) is 0 Å². The first kappa shape index (κ1) is 19.4. The number of carbonyl (C=O) groups excluding carboxylic acids is 4. The second kappa shape index (κ2) is 6.99. The van der Waals surface area contributed by atoms with Gasteiger partial charge in [0.15, 0.2) is 12.4 Å². The minimum atomic E-state index is -0.763. The molecule has 1 heterocycles. The van der Waals surface area contributed by atoms with Crippen LogP contribution in [0.5, 0.6) is 0 Å². The zero-order valence-electron chi connectivity index (χ0n) is 15.6. The first-order valence-electron chi connectivity index (χ1n) is 8.58. The fraction of sp³-hybridized carbons (Fsp3) is 0.238. The third kappa shape index (κ3) is 3.55. The molecule has 28 heavy (non-hydrogen) atoms. The summed E-state index contributed by atoms with van der Waals surface area (Å²) in [6.07, 6.45) is 0. The number of carbonyl (C=O) groups is 4. The number of hydrogen-bond donors (Lipinski definition) is 0. The van der Waals surface area contributed by atoms with Gasteiger partial charge in [0.25, 0.3) is 11.8 Å². The van der Waals surface area contributed by atoms with E-state index in [1.807, 2.05) is 0 Å². The fourth-order valence-corrected chi connectivity index (χ4v) is 2.62. The van der Waals surface area contributed by atoms with Crippen LogP contribution in [0.4, 0.5) is 10.1 Å². The second-order valence-corrected chi connectivity index (χ2v) is 7.43. The summed E-state index contributed by atoms with van der Waals surface area (Å²) in [7, 11) is 0. The number of ether oxygens (including phenoxy) is 1. The first-order valence-corrected chi connectivity index (χ1v) is 8.58. The quantitative estimate of drug-likeness (QED) is 0.597. The van der Waals surface area contributed by atoms with Gasteiger partial charge in [-0.15, -0.1) is 0 Å². The highest BCUT2D eigenvalue weighted by Gasteiger charge is 2.37. The summed E-state index contributed by atoms with van der Waals surface area (Å²) < 4.78 is 18.1. The van der Waals surface area contributed by atoms with Crippen molar-refractivity contribution in [3.63, 3.8) is 0 Å². The van der Waals surface area contributed by atoms with Gasteiger partial charge in [-0.25, -0.2) is 14.1 Å². The number of Topliss-reactive ketones (excluding diaryl/α,β-unsaturated/α-hetero) is 1. The number of amides is 2. The van der Waals surface area contributed by atoms with E-state index in [2.05, 4.69) is 0 Å². The van der Waals surface area contributed by atoms with E-state index in [0.29, 0.717) is 0 Å². The molecule has 2 amide bonds. The van der Waals surface area contributed by atoms with Crippen LogP contribution in [-0.4, -0.2) is 30.2 Å². The summed E-state index contributed by atoms with van der Waals surface area (Å²) in [6.45, 7) is 4.76. The molecule has 0 spiro atoms. The van der Waals surface area contributed by atoms with Crippen molar-refractivity contribution in [1.82, 2.24) is 0 Å². The lowest BCUT2D eigenvalue weighted by Crippen LogP contribution is -2.29. The Kier molecular flexibility index (Phi) is 4.85. The van der Waals surface area contributed by atoms with Gasteiger partial charge in [-0.2, -0.15) is 0 Å². The van der Waals surface area contributed by atoms with Gasteiger partial charge in [0.05, 0.1) is 22.4 Å². The molecule has 6 nitrogen and oxygen atoms in total. The van der Waals surface area contributed by atoms with Crippen molar-refractivity contribution in [2.75, 3.05) is 11.5 Å². The van der Waals surface area contributed by atoms with Gasteiger partial charge < -0.3 is 4.74 Å². The molecular weight excluding hydrogens is 365 g/mol. The number of hydrogen-bond acceptors (Lipinski definition) is 5. The number of rotatable bonds is 4. The summed E-state index contributed by atoms with van der Waals surface area (Å²) >= 11 is 0. The lowest BCUT2D eigenvalue weighted by atomic mass is 9.91.